The summed E-state index contributed by atoms with van der Waals surface area (Å²) in [6.07, 6.45) is 3.38. The van der Waals surface area contributed by atoms with Crippen LogP contribution in [0.5, 0.6) is 0 Å². The minimum Gasteiger partial charge on any atom is -0.347 e. The van der Waals surface area contributed by atoms with E-state index in [2.05, 4.69) is 0 Å². The lowest BCUT2D eigenvalue weighted by atomic mass is 9.84. The van der Waals surface area contributed by atoms with Crippen LogP contribution in [0.15, 0.2) is 0 Å². The molecule has 0 aromatic heterocycles. The highest BCUT2D eigenvalue weighted by Gasteiger charge is 2.50. The topological polar surface area (TPSA) is 66.6 Å². The zero-order valence-corrected chi connectivity index (χ0v) is 12.1. The standard InChI is InChI=1S/C14H25N3O2/c1-4-17(8-11(18)16(2)3)14(19)12-9-5-6-10(7-9)13(12)15/h9-10,12-13H,4-8,15H2,1-3H3. The Morgan fingerprint density at radius 3 is 2.32 bits per heavy atom. The van der Waals surface area contributed by atoms with Crippen molar-refractivity contribution in [2.45, 2.75) is 32.2 Å². The lowest BCUT2D eigenvalue weighted by Gasteiger charge is -2.32. The molecule has 4 atom stereocenters. The van der Waals surface area contributed by atoms with E-state index < -0.39 is 0 Å². The Morgan fingerprint density at radius 1 is 1.21 bits per heavy atom. The number of rotatable bonds is 4. The van der Waals surface area contributed by atoms with Gasteiger partial charge in [-0.05, 0) is 38.0 Å². The van der Waals surface area contributed by atoms with E-state index in [-0.39, 0.29) is 30.3 Å². The van der Waals surface area contributed by atoms with E-state index in [1.807, 2.05) is 6.92 Å². The molecule has 2 bridgehead atoms. The first kappa shape index (κ1) is 14.3. The van der Waals surface area contributed by atoms with E-state index in [4.69, 9.17) is 5.73 Å². The third-order valence-corrected chi connectivity index (χ3v) is 4.78. The molecule has 5 heteroatoms. The van der Waals surface area contributed by atoms with Crippen molar-refractivity contribution in [3.05, 3.63) is 0 Å². The number of hydrogen-bond acceptors (Lipinski definition) is 3. The van der Waals surface area contributed by atoms with Crippen LogP contribution in [-0.4, -0.2) is 54.8 Å². The molecule has 5 nitrogen and oxygen atoms in total. The van der Waals surface area contributed by atoms with E-state index in [9.17, 15) is 9.59 Å². The summed E-state index contributed by atoms with van der Waals surface area (Å²) in [5.41, 5.74) is 6.21. The van der Waals surface area contributed by atoms with Gasteiger partial charge in [-0.2, -0.15) is 0 Å². The van der Waals surface area contributed by atoms with Gasteiger partial charge in [0, 0.05) is 26.7 Å². The first-order valence-electron chi connectivity index (χ1n) is 7.20. The summed E-state index contributed by atoms with van der Waals surface area (Å²) in [6, 6.07) is -0.00485. The molecule has 0 heterocycles. The summed E-state index contributed by atoms with van der Waals surface area (Å²) in [6.45, 7) is 2.65. The maximum absolute atomic E-state index is 12.6. The van der Waals surface area contributed by atoms with Crippen LogP contribution in [0.1, 0.15) is 26.2 Å². The molecule has 2 N–H and O–H groups in total. The van der Waals surface area contributed by atoms with Crippen molar-refractivity contribution in [3.63, 3.8) is 0 Å². The predicted molar refractivity (Wildman–Crippen MR) is 73.2 cm³/mol. The molecule has 2 rings (SSSR count). The number of hydrogen-bond donors (Lipinski definition) is 1. The molecule has 0 aromatic rings. The highest BCUT2D eigenvalue weighted by atomic mass is 16.2. The van der Waals surface area contributed by atoms with Crippen molar-refractivity contribution in [3.8, 4) is 0 Å². The SMILES string of the molecule is CCN(CC(=O)N(C)C)C(=O)C1C2CCC(C2)C1N. The largest absolute Gasteiger partial charge is 0.347 e. The molecule has 4 unspecified atom stereocenters. The number of nitrogens with two attached hydrogens (primary N) is 1. The van der Waals surface area contributed by atoms with Crippen LogP contribution in [-0.2, 0) is 9.59 Å². The molecular weight excluding hydrogens is 242 g/mol. The summed E-state index contributed by atoms with van der Waals surface area (Å²) in [4.78, 5) is 27.6. The molecule has 19 heavy (non-hydrogen) atoms. The number of carbonyl (C=O) groups is 2. The molecule has 0 aliphatic heterocycles. The van der Waals surface area contributed by atoms with Crippen LogP contribution in [0.25, 0.3) is 0 Å². The third kappa shape index (κ3) is 2.61. The fourth-order valence-electron chi connectivity index (χ4n) is 3.56. The Bertz CT molecular complexity index is 368. The maximum atomic E-state index is 12.6. The van der Waals surface area contributed by atoms with Gasteiger partial charge in [0.2, 0.25) is 11.8 Å². The van der Waals surface area contributed by atoms with Gasteiger partial charge < -0.3 is 15.5 Å². The van der Waals surface area contributed by atoms with E-state index >= 15 is 0 Å². The molecule has 2 saturated carbocycles. The van der Waals surface area contributed by atoms with Crippen LogP contribution in [0.3, 0.4) is 0 Å². The minimum absolute atomic E-state index is 0.00485. The monoisotopic (exact) mass is 267 g/mol. The Morgan fingerprint density at radius 2 is 1.84 bits per heavy atom. The van der Waals surface area contributed by atoms with Gasteiger partial charge in [0.1, 0.15) is 0 Å². The van der Waals surface area contributed by atoms with Crippen molar-refractivity contribution in [2.75, 3.05) is 27.2 Å². The van der Waals surface area contributed by atoms with Crippen LogP contribution in [0, 0.1) is 17.8 Å². The quantitative estimate of drug-likeness (QED) is 0.796. The molecule has 2 fully saturated rings. The van der Waals surface area contributed by atoms with Crippen LogP contribution >= 0.6 is 0 Å². The molecular formula is C14H25N3O2. The number of fused-ring (bicyclic) bond motifs is 2. The fraction of sp³-hybridized carbons (Fsp3) is 0.857. The maximum Gasteiger partial charge on any atom is 0.241 e. The highest BCUT2D eigenvalue weighted by Crippen LogP contribution is 2.48. The first-order valence-corrected chi connectivity index (χ1v) is 7.20. The lowest BCUT2D eigenvalue weighted by molar-refractivity contribution is -0.143. The number of likely N-dealkylation sites (N-methyl/N-ethyl adjacent to an activating group) is 2. The molecule has 2 aliphatic carbocycles. The van der Waals surface area contributed by atoms with Crippen LogP contribution < -0.4 is 5.73 Å². The second kappa shape index (κ2) is 5.49. The van der Waals surface area contributed by atoms with E-state index in [0.717, 1.165) is 12.8 Å². The summed E-state index contributed by atoms with van der Waals surface area (Å²) >= 11 is 0. The second-order valence-corrected chi connectivity index (χ2v) is 6.08. The van der Waals surface area contributed by atoms with Gasteiger partial charge in [-0.25, -0.2) is 0 Å². The van der Waals surface area contributed by atoms with E-state index in [1.54, 1.807) is 19.0 Å². The van der Waals surface area contributed by atoms with Crippen LogP contribution in [0.2, 0.25) is 0 Å². The Hall–Kier alpha value is -1.10. The number of carbonyl (C=O) groups excluding carboxylic acids is 2. The first-order chi connectivity index (χ1) is 8.95. The van der Waals surface area contributed by atoms with Crippen molar-refractivity contribution in [1.29, 1.82) is 0 Å². The smallest absolute Gasteiger partial charge is 0.241 e. The lowest BCUT2D eigenvalue weighted by Crippen LogP contribution is -2.49. The molecule has 2 aliphatic rings. The molecule has 2 amide bonds. The van der Waals surface area contributed by atoms with Crippen molar-refractivity contribution in [1.82, 2.24) is 9.80 Å². The predicted octanol–water partition coefficient (Wildman–Crippen LogP) is 0.297. The zero-order valence-electron chi connectivity index (χ0n) is 12.1. The Kier molecular flexibility index (Phi) is 4.13. The summed E-state index contributed by atoms with van der Waals surface area (Å²) in [5, 5.41) is 0. The van der Waals surface area contributed by atoms with Crippen molar-refractivity contribution in [2.24, 2.45) is 23.5 Å². The van der Waals surface area contributed by atoms with Gasteiger partial charge >= 0.3 is 0 Å². The van der Waals surface area contributed by atoms with Crippen molar-refractivity contribution < 1.29 is 9.59 Å². The molecule has 0 radical (unpaired) electrons. The summed E-state index contributed by atoms with van der Waals surface area (Å²) < 4.78 is 0. The zero-order chi connectivity index (χ0) is 14.2. The molecule has 0 spiro atoms. The molecule has 0 aromatic carbocycles. The van der Waals surface area contributed by atoms with Gasteiger partial charge in [-0.1, -0.05) is 0 Å². The summed E-state index contributed by atoms with van der Waals surface area (Å²) in [5.74, 6) is 0.941. The van der Waals surface area contributed by atoms with Gasteiger partial charge in [0.25, 0.3) is 0 Å². The average molecular weight is 267 g/mol. The van der Waals surface area contributed by atoms with Crippen LogP contribution in [0.4, 0.5) is 0 Å². The summed E-state index contributed by atoms with van der Waals surface area (Å²) in [7, 11) is 3.42. The number of amides is 2. The molecule has 0 saturated heterocycles. The van der Waals surface area contributed by atoms with E-state index in [0.29, 0.717) is 18.4 Å². The minimum atomic E-state index is -0.0614. The second-order valence-electron chi connectivity index (χ2n) is 6.08. The molecule has 108 valence electrons. The van der Waals surface area contributed by atoms with Gasteiger partial charge in [0.15, 0.2) is 0 Å². The third-order valence-electron chi connectivity index (χ3n) is 4.78. The normalized spacial score (nSPS) is 32.4. The van der Waals surface area contributed by atoms with E-state index in [1.165, 1.54) is 11.3 Å². The van der Waals surface area contributed by atoms with Crippen molar-refractivity contribution >= 4 is 11.8 Å². The number of nitrogens with zero attached hydrogens (tertiary/aromatic N) is 2. The Balaban J connectivity index is 2.03. The average Bonchev–Trinajstić information content (AvgIpc) is 2.95. The Labute approximate surface area is 115 Å². The van der Waals surface area contributed by atoms with Gasteiger partial charge in [0.05, 0.1) is 12.5 Å². The highest BCUT2D eigenvalue weighted by molar-refractivity contribution is 5.86. The van der Waals surface area contributed by atoms with Gasteiger partial charge in [-0.3, -0.25) is 9.59 Å². The van der Waals surface area contributed by atoms with Gasteiger partial charge in [-0.15, -0.1) is 0 Å². The fourth-order valence-corrected chi connectivity index (χ4v) is 3.56.